The summed E-state index contributed by atoms with van der Waals surface area (Å²) in [4.78, 5) is 7.11. The molecule has 0 aliphatic carbocycles. The van der Waals surface area contributed by atoms with Crippen molar-refractivity contribution in [2.24, 2.45) is 0 Å². The van der Waals surface area contributed by atoms with Crippen LogP contribution in [0.25, 0.3) is 0 Å². The van der Waals surface area contributed by atoms with Gasteiger partial charge in [0.15, 0.2) is 0 Å². The maximum absolute atomic E-state index is 10.4. The van der Waals surface area contributed by atoms with E-state index in [0.717, 1.165) is 37.0 Å². The average Bonchev–Trinajstić information content (AvgIpc) is 2.81. The highest BCUT2D eigenvalue weighted by Crippen LogP contribution is 2.30. The molecular weight excluding hydrogens is 440 g/mol. The van der Waals surface area contributed by atoms with Crippen molar-refractivity contribution < 1.29 is 9.84 Å². The first-order chi connectivity index (χ1) is 15.5. The first kappa shape index (κ1) is 23.0. The highest BCUT2D eigenvalue weighted by molar-refractivity contribution is 7.99. The number of aliphatic hydroxyl groups excluding tert-OH is 1. The summed E-state index contributed by atoms with van der Waals surface area (Å²) in [6.07, 6.45) is -0.493. The van der Waals surface area contributed by atoms with Gasteiger partial charge in [0, 0.05) is 53.2 Å². The third kappa shape index (κ3) is 6.66. The van der Waals surface area contributed by atoms with Crippen LogP contribution in [-0.2, 0) is 0 Å². The van der Waals surface area contributed by atoms with Crippen molar-refractivity contribution in [2.45, 2.75) is 22.8 Å². The van der Waals surface area contributed by atoms with Crippen LogP contribution in [0.4, 0.5) is 5.69 Å². The van der Waals surface area contributed by atoms with Crippen LogP contribution in [0, 0.1) is 6.92 Å². The number of aliphatic hydroxyl groups is 1. The maximum atomic E-state index is 10.4. The summed E-state index contributed by atoms with van der Waals surface area (Å²) in [7, 11) is 0. The van der Waals surface area contributed by atoms with Crippen LogP contribution >= 0.6 is 23.4 Å². The minimum atomic E-state index is -0.493. The minimum absolute atomic E-state index is 0.315. The lowest BCUT2D eigenvalue weighted by atomic mass is 10.2. The van der Waals surface area contributed by atoms with Gasteiger partial charge in [-0.3, -0.25) is 4.90 Å². The van der Waals surface area contributed by atoms with Crippen LogP contribution in [-0.4, -0.2) is 55.4 Å². The highest BCUT2D eigenvalue weighted by Gasteiger charge is 2.20. The molecule has 1 N–H and O–H groups in total. The van der Waals surface area contributed by atoms with E-state index in [2.05, 4.69) is 34.1 Å². The molecule has 1 aliphatic heterocycles. The monoisotopic (exact) mass is 468 g/mol. The fraction of sp³-hybridized carbons (Fsp3) is 0.308. The molecule has 6 heteroatoms. The van der Waals surface area contributed by atoms with Gasteiger partial charge < -0.3 is 14.7 Å². The number of nitrogens with zero attached hydrogens (tertiary/aromatic N) is 2. The van der Waals surface area contributed by atoms with Gasteiger partial charge in [-0.15, -0.1) is 0 Å². The van der Waals surface area contributed by atoms with Crippen LogP contribution in [0.15, 0.2) is 82.6 Å². The number of aryl methyl sites for hydroxylation is 1. The van der Waals surface area contributed by atoms with Crippen LogP contribution < -0.4 is 9.64 Å². The van der Waals surface area contributed by atoms with Gasteiger partial charge in [0.05, 0.1) is 0 Å². The fourth-order valence-corrected chi connectivity index (χ4v) is 4.67. The van der Waals surface area contributed by atoms with Crippen molar-refractivity contribution in [3.63, 3.8) is 0 Å². The normalized spacial score (nSPS) is 15.5. The van der Waals surface area contributed by atoms with Crippen molar-refractivity contribution in [3.8, 4) is 5.75 Å². The summed E-state index contributed by atoms with van der Waals surface area (Å²) in [5.74, 6) is 0.803. The summed E-state index contributed by atoms with van der Waals surface area (Å²) in [5.41, 5.74) is 2.44. The van der Waals surface area contributed by atoms with E-state index in [-0.39, 0.29) is 0 Å². The smallest absolute Gasteiger partial charge is 0.119 e. The Morgan fingerprint density at radius 1 is 0.875 bits per heavy atom. The second-order valence-corrected chi connectivity index (χ2v) is 9.70. The predicted octanol–water partition coefficient (Wildman–Crippen LogP) is 5.36. The topological polar surface area (TPSA) is 35.9 Å². The molecule has 1 aliphatic rings. The first-order valence-corrected chi connectivity index (χ1v) is 12.1. The Labute approximate surface area is 199 Å². The first-order valence-electron chi connectivity index (χ1n) is 10.9. The maximum Gasteiger partial charge on any atom is 0.119 e. The minimum Gasteiger partial charge on any atom is -0.491 e. The summed E-state index contributed by atoms with van der Waals surface area (Å²) in [6, 6.07) is 24.6. The van der Waals surface area contributed by atoms with Crippen LogP contribution in [0.5, 0.6) is 5.75 Å². The van der Waals surface area contributed by atoms with Crippen molar-refractivity contribution >= 4 is 29.1 Å². The van der Waals surface area contributed by atoms with E-state index in [9.17, 15) is 5.11 Å². The molecule has 0 amide bonds. The number of rotatable bonds is 8. The predicted molar refractivity (Wildman–Crippen MR) is 133 cm³/mol. The molecule has 3 aromatic carbocycles. The van der Waals surface area contributed by atoms with E-state index in [1.807, 2.05) is 55.5 Å². The third-order valence-electron chi connectivity index (χ3n) is 5.56. The molecule has 1 fully saturated rings. The molecule has 1 heterocycles. The molecule has 1 saturated heterocycles. The largest absolute Gasteiger partial charge is 0.491 e. The Hall–Kier alpha value is -2.18. The van der Waals surface area contributed by atoms with Gasteiger partial charge in [-0.25, -0.2) is 0 Å². The van der Waals surface area contributed by atoms with Crippen LogP contribution in [0.1, 0.15) is 5.56 Å². The zero-order valence-electron chi connectivity index (χ0n) is 18.3. The lowest BCUT2D eigenvalue weighted by molar-refractivity contribution is 0.0663. The molecular formula is C26H29ClN2O2S. The van der Waals surface area contributed by atoms with Gasteiger partial charge in [-0.1, -0.05) is 41.1 Å². The van der Waals surface area contributed by atoms with Crippen molar-refractivity contribution in [1.29, 1.82) is 0 Å². The Kier molecular flexibility index (Phi) is 7.98. The van der Waals surface area contributed by atoms with Gasteiger partial charge >= 0.3 is 0 Å². The Balaban J connectivity index is 1.21. The van der Waals surface area contributed by atoms with Gasteiger partial charge in [0.2, 0.25) is 0 Å². The summed E-state index contributed by atoms with van der Waals surface area (Å²) in [5, 5.41) is 11.1. The molecule has 168 valence electrons. The van der Waals surface area contributed by atoms with E-state index >= 15 is 0 Å². The van der Waals surface area contributed by atoms with Gasteiger partial charge in [-0.2, -0.15) is 0 Å². The molecule has 0 aromatic heterocycles. The number of benzene rings is 3. The molecule has 0 radical (unpaired) electrons. The highest BCUT2D eigenvalue weighted by atomic mass is 35.5. The molecule has 32 heavy (non-hydrogen) atoms. The number of hydrogen-bond donors (Lipinski definition) is 1. The van der Waals surface area contributed by atoms with Gasteiger partial charge in [0.1, 0.15) is 18.5 Å². The quantitative estimate of drug-likeness (QED) is 0.481. The number of piperazine rings is 1. The molecule has 0 unspecified atom stereocenters. The lowest BCUT2D eigenvalue weighted by Gasteiger charge is -2.36. The molecule has 1 atom stereocenters. The molecule has 4 rings (SSSR count). The van der Waals surface area contributed by atoms with Crippen molar-refractivity contribution in [2.75, 3.05) is 44.2 Å². The average molecular weight is 469 g/mol. The Bertz CT molecular complexity index is 972. The zero-order chi connectivity index (χ0) is 22.3. The number of β-amino-alcohol motifs (C(OH)–C–C–N with tert-alkyl or cyclic N) is 1. The van der Waals surface area contributed by atoms with Gasteiger partial charge in [0.25, 0.3) is 0 Å². The molecule has 0 spiro atoms. The molecule has 0 saturated carbocycles. The lowest BCUT2D eigenvalue weighted by Crippen LogP contribution is -2.49. The number of halogens is 1. The van der Waals surface area contributed by atoms with Crippen molar-refractivity contribution in [1.82, 2.24) is 4.90 Å². The van der Waals surface area contributed by atoms with E-state index < -0.39 is 6.10 Å². The van der Waals surface area contributed by atoms with E-state index in [1.54, 1.807) is 11.8 Å². The third-order valence-corrected chi connectivity index (χ3v) is 6.82. The zero-order valence-corrected chi connectivity index (χ0v) is 19.9. The summed E-state index contributed by atoms with van der Waals surface area (Å²) in [6.45, 7) is 6.77. The fourth-order valence-electron chi connectivity index (χ4n) is 3.73. The number of anilines is 1. The molecule has 0 bridgehead atoms. The Morgan fingerprint density at radius 2 is 1.47 bits per heavy atom. The standard InChI is InChI=1S/C26H29ClN2O2S/c1-20-2-8-24(9-3-20)31-19-23(30)18-28-14-16-29(17-15-28)22-6-12-26(13-7-22)32-25-10-4-21(27)5-11-25/h2-13,23,30H,14-19H2,1H3/t23-/m0/s1. The number of ether oxygens (including phenoxy) is 1. The van der Waals surface area contributed by atoms with E-state index in [4.69, 9.17) is 16.3 Å². The van der Waals surface area contributed by atoms with Crippen molar-refractivity contribution in [3.05, 3.63) is 83.4 Å². The summed E-state index contributed by atoms with van der Waals surface area (Å²) >= 11 is 7.70. The van der Waals surface area contributed by atoms with Gasteiger partial charge in [-0.05, 0) is 67.6 Å². The summed E-state index contributed by atoms with van der Waals surface area (Å²) < 4.78 is 5.72. The van der Waals surface area contributed by atoms with E-state index in [1.165, 1.54) is 21.0 Å². The molecule has 3 aromatic rings. The van der Waals surface area contributed by atoms with Crippen LogP contribution in [0.2, 0.25) is 5.02 Å². The SMILES string of the molecule is Cc1ccc(OC[C@@H](O)CN2CCN(c3ccc(Sc4ccc(Cl)cc4)cc3)CC2)cc1. The van der Waals surface area contributed by atoms with Crippen LogP contribution in [0.3, 0.4) is 0 Å². The second kappa shape index (κ2) is 11.1. The molecule has 4 nitrogen and oxygen atoms in total. The number of hydrogen-bond acceptors (Lipinski definition) is 5. The second-order valence-electron chi connectivity index (χ2n) is 8.12. The Morgan fingerprint density at radius 3 is 2.09 bits per heavy atom. The van der Waals surface area contributed by atoms with E-state index in [0.29, 0.717) is 13.2 Å².